The van der Waals surface area contributed by atoms with E-state index in [-0.39, 0.29) is 80.7 Å². The number of hydrogen-bond donors (Lipinski definition) is 4. The first kappa shape index (κ1) is 51.4. The van der Waals surface area contributed by atoms with Crippen LogP contribution in [0.15, 0.2) is 73.1 Å². The van der Waals surface area contributed by atoms with Crippen LogP contribution in [0, 0.1) is 33.9 Å². The smallest absolute Gasteiger partial charge is 0.355 e. The van der Waals surface area contributed by atoms with E-state index in [1.165, 1.54) is 66.2 Å². The van der Waals surface area contributed by atoms with Gasteiger partial charge in [0.05, 0.1) is 63.6 Å². The summed E-state index contributed by atoms with van der Waals surface area (Å²) in [6.45, 7) is 19.4. The lowest BCUT2D eigenvalue weighted by molar-refractivity contribution is -0.145. The quantitative estimate of drug-likeness (QED) is 0.0996. The van der Waals surface area contributed by atoms with Crippen LogP contribution in [0.25, 0.3) is 21.3 Å². The number of amides is 4. The summed E-state index contributed by atoms with van der Waals surface area (Å²) in [6, 6.07) is 15.1. The van der Waals surface area contributed by atoms with Gasteiger partial charge in [-0.15, -0.1) is 15.3 Å². The number of benzene rings is 2. The van der Waals surface area contributed by atoms with Gasteiger partial charge in [-0.2, -0.15) is 28.2 Å². The highest BCUT2D eigenvalue weighted by atomic mass is 35.5. The second kappa shape index (κ2) is 21.7. The van der Waals surface area contributed by atoms with Gasteiger partial charge in [-0.1, -0.05) is 35.3 Å². The van der Waals surface area contributed by atoms with Gasteiger partial charge in [0, 0.05) is 26.5 Å². The molecular formula is C44H35Cl2F3N20O4. The molecule has 8 rings (SSSR count). The third-order valence-corrected chi connectivity index (χ3v) is 10.8. The molecule has 0 aliphatic rings. The molecule has 4 N–H and O–H groups in total. The SMILES string of the molecule is [C-]#[N+]c1cc(C)c(NC(=O)c2cc(Cn3nnc(C(F)(F)F)n3)nn2-c2ncccc2Cl)c(C(=O)NC)c1.[C-]#[N+]c1cc(C)c(NC(=O)c2cc(Cn3nnnc3C)nn2-c2ncccc2Cl)c(C(=O)NC)c1. The fraction of sp³-hybridized carbons (Fsp3) is 0.182. The third kappa shape index (κ3) is 11.4. The first-order valence-electron chi connectivity index (χ1n) is 20.9. The van der Waals surface area contributed by atoms with Gasteiger partial charge in [0.2, 0.25) is 0 Å². The van der Waals surface area contributed by atoms with Gasteiger partial charge >= 0.3 is 6.18 Å². The summed E-state index contributed by atoms with van der Waals surface area (Å²) in [5.74, 6) is -2.79. The Kier molecular flexibility index (Phi) is 15.2. The summed E-state index contributed by atoms with van der Waals surface area (Å²) >= 11 is 12.6. The molecule has 0 spiro atoms. The van der Waals surface area contributed by atoms with E-state index in [2.05, 4.69) is 82.1 Å². The van der Waals surface area contributed by atoms with Crippen LogP contribution in [0.4, 0.5) is 35.9 Å². The Morgan fingerprint density at radius 1 is 0.658 bits per heavy atom. The van der Waals surface area contributed by atoms with Crippen molar-refractivity contribution in [2.75, 3.05) is 24.7 Å². The number of halogens is 5. The molecule has 0 fully saturated rings. The van der Waals surface area contributed by atoms with E-state index in [9.17, 15) is 32.3 Å². The highest BCUT2D eigenvalue weighted by Crippen LogP contribution is 2.31. The number of pyridine rings is 2. The Labute approximate surface area is 420 Å². The zero-order valence-corrected chi connectivity index (χ0v) is 40.0. The van der Waals surface area contributed by atoms with Crippen molar-refractivity contribution < 1.29 is 32.3 Å². The molecule has 6 aromatic heterocycles. The van der Waals surface area contributed by atoms with Crippen molar-refractivity contribution in [1.82, 2.24) is 80.6 Å². The van der Waals surface area contributed by atoms with Gasteiger partial charge in [0.15, 0.2) is 23.0 Å². The largest absolute Gasteiger partial charge is 0.455 e. The van der Waals surface area contributed by atoms with Crippen molar-refractivity contribution >= 4 is 69.6 Å². The van der Waals surface area contributed by atoms with Gasteiger partial charge in [-0.3, -0.25) is 19.2 Å². The number of rotatable bonds is 12. The number of tetrazole rings is 2. The minimum atomic E-state index is -4.78. The van der Waals surface area contributed by atoms with Crippen molar-refractivity contribution in [3.63, 3.8) is 0 Å². The molecule has 0 aliphatic heterocycles. The first-order chi connectivity index (χ1) is 34.8. The minimum absolute atomic E-state index is 0.0560. The average molecular weight is 1040 g/mol. The van der Waals surface area contributed by atoms with Gasteiger partial charge in [0.1, 0.15) is 23.8 Å². The molecule has 2 aromatic carbocycles. The minimum Gasteiger partial charge on any atom is -0.355 e. The summed E-state index contributed by atoms with van der Waals surface area (Å²) in [7, 11) is 2.87. The highest BCUT2D eigenvalue weighted by molar-refractivity contribution is 6.32. The van der Waals surface area contributed by atoms with E-state index in [1.54, 1.807) is 51.1 Å². The van der Waals surface area contributed by atoms with Crippen LogP contribution in [-0.4, -0.2) is 108 Å². The zero-order valence-electron chi connectivity index (χ0n) is 38.5. The molecule has 0 unspecified atom stereocenters. The molecule has 73 heavy (non-hydrogen) atoms. The van der Waals surface area contributed by atoms with E-state index in [1.807, 2.05) is 0 Å². The summed E-state index contributed by atoms with van der Waals surface area (Å²) in [5.41, 5.74) is 2.73. The standard InChI is InChI=1S/C22H16ClF3N10O2.C22H19ClN10O2/c1-11-7-12(27-2)8-14(19(37)28-3)17(11)30-20(38)16-9-13(10-35-33-21(31-34-35)22(24,25)26)32-36(16)18-15(23)5-4-6-29-18;1-12-8-14(24-3)9-16(21(34)25-4)19(12)27-22(35)18-10-15(11-32-13(2)28-30-31-32)29-33(18)20-17(23)6-5-7-26-20/h4-9H,10H2,1,3H3,(H,28,37)(H,30,38);5-10H,11H2,1-2,4H3,(H,25,34)(H,27,35). The second-order valence-corrected chi connectivity index (χ2v) is 16.0. The van der Waals surface area contributed by atoms with E-state index >= 15 is 0 Å². The van der Waals surface area contributed by atoms with Gasteiger partial charge in [-0.05, 0) is 96.1 Å². The predicted molar refractivity (Wildman–Crippen MR) is 254 cm³/mol. The molecule has 0 saturated heterocycles. The fourth-order valence-electron chi connectivity index (χ4n) is 6.82. The summed E-state index contributed by atoms with van der Waals surface area (Å²) < 4.78 is 42.6. The van der Waals surface area contributed by atoms with E-state index < -0.39 is 35.6 Å². The molecule has 0 radical (unpaired) electrons. The fourth-order valence-corrected chi connectivity index (χ4v) is 7.23. The first-order valence-corrected chi connectivity index (χ1v) is 21.7. The lowest BCUT2D eigenvalue weighted by atomic mass is 10.1. The number of aryl methyl sites for hydroxylation is 3. The van der Waals surface area contributed by atoms with Gasteiger partial charge in [-0.25, -0.2) is 33.7 Å². The molecule has 29 heteroatoms. The molecule has 24 nitrogen and oxygen atoms in total. The Morgan fingerprint density at radius 2 is 1.14 bits per heavy atom. The summed E-state index contributed by atoms with van der Waals surface area (Å²) in [4.78, 5) is 67.7. The lowest BCUT2D eigenvalue weighted by Gasteiger charge is -2.15. The molecule has 0 saturated carbocycles. The molecular weight excluding hydrogens is 1000 g/mol. The molecule has 6 heterocycles. The van der Waals surface area contributed by atoms with Crippen molar-refractivity contribution in [3.05, 3.63) is 163 Å². The van der Waals surface area contributed by atoms with Crippen molar-refractivity contribution in [2.45, 2.75) is 40.0 Å². The number of nitrogens with zero attached hydrogens (tertiary/aromatic N) is 16. The van der Waals surface area contributed by atoms with Crippen LogP contribution in [0.1, 0.15) is 75.9 Å². The zero-order chi connectivity index (χ0) is 52.7. The summed E-state index contributed by atoms with van der Waals surface area (Å²) in [6.07, 6.45) is -1.84. The average Bonchev–Trinajstić information content (AvgIpc) is 4.20. The van der Waals surface area contributed by atoms with Crippen LogP contribution in [0.5, 0.6) is 0 Å². The van der Waals surface area contributed by atoms with E-state index in [0.29, 0.717) is 32.5 Å². The molecule has 4 amide bonds. The monoisotopic (exact) mass is 1030 g/mol. The number of anilines is 2. The third-order valence-electron chi connectivity index (χ3n) is 10.2. The molecule has 370 valence electrons. The van der Waals surface area contributed by atoms with Crippen molar-refractivity contribution in [1.29, 1.82) is 0 Å². The Morgan fingerprint density at radius 3 is 1.53 bits per heavy atom. The van der Waals surface area contributed by atoms with E-state index in [0.717, 1.165) is 4.68 Å². The molecule has 8 aromatic rings. The van der Waals surface area contributed by atoms with Crippen molar-refractivity contribution in [3.8, 4) is 11.6 Å². The summed E-state index contributed by atoms with van der Waals surface area (Å²) in [5, 5.41) is 40.7. The molecule has 0 bridgehead atoms. The number of alkyl halides is 3. The second-order valence-electron chi connectivity index (χ2n) is 15.2. The maximum atomic E-state index is 13.5. The van der Waals surface area contributed by atoms with Gasteiger partial charge in [0.25, 0.3) is 29.5 Å². The molecule has 0 atom stereocenters. The number of carbonyl (C=O) groups is 4. The number of nitrogens with one attached hydrogen (secondary N) is 4. The van der Waals surface area contributed by atoms with Crippen LogP contribution in [-0.2, 0) is 19.3 Å². The lowest BCUT2D eigenvalue weighted by Crippen LogP contribution is -2.23. The Bertz CT molecular complexity index is 3530. The Hall–Kier alpha value is -9.47. The number of carbonyl (C=O) groups excluding carboxylic acids is 4. The topological polar surface area (TPSA) is 274 Å². The maximum absolute atomic E-state index is 13.5. The van der Waals surface area contributed by atoms with Crippen LogP contribution >= 0.6 is 23.2 Å². The predicted octanol–water partition coefficient (Wildman–Crippen LogP) is 6.18. The normalized spacial score (nSPS) is 10.9. The van der Waals surface area contributed by atoms with Crippen LogP contribution in [0.3, 0.4) is 0 Å². The van der Waals surface area contributed by atoms with Crippen molar-refractivity contribution in [2.24, 2.45) is 0 Å². The van der Waals surface area contributed by atoms with Crippen LogP contribution in [0.2, 0.25) is 10.0 Å². The number of aromatic nitrogens is 14. The maximum Gasteiger partial charge on any atom is 0.455 e. The molecule has 0 aliphatic carbocycles. The van der Waals surface area contributed by atoms with Crippen LogP contribution < -0.4 is 21.3 Å². The Balaban J connectivity index is 0.000000214. The highest BCUT2D eigenvalue weighted by Gasteiger charge is 2.37. The van der Waals surface area contributed by atoms with Gasteiger partial charge < -0.3 is 21.3 Å². The van der Waals surface area contributed by atoms with E-state index in [4.69, 9.17) is 36.3 Å². The number of hydrogen-bond acceptors (Lipinski definition) is 14.